The molecule has 1 fully saturated rings. The topological polar surface area (TPSA) is 131 Å². The third kappa shape index (κ3) is 4.85. The number of benzene rings is 2. The van der Waals surface area contributed by atoms with Crippen LogP contribution in [0.1, 0.15) is 66.8 Å². The molecule has 0 radical (unpaired) electrons. The number of para-hydroxylation sites is 1. The van der Waals surface area contributed by atoms with Gasteiger partial charge in [-0.25, -0.2) is 4.79 Å². The first kappa shape index (κ1) is 25.0. The minimum atomic E-state index is -0.493. The van der Waals surface area contributed by atoms with Gasteiger partial charge in [-0.15, -0.1) is 0 Å². The molecular formula is C29H35N4O4+. The average molecular weight is 504 g/mol. The Bertz CT molecular complexity index is 1380. The fraction of sp³-hybridized carbons (Fsp3) is 0.414. The van der Waals surface area contributed by atoms with Gasteiger partial charge in [0.15, 0.2) is 6.54 Å². The van der Waals surface area contributed by atoms with Crippen molar-refractivity contribution in [3.8, 4) is 11.1 Å². The molecule has 2 aromatic carbocycles. The first-order valence-corrected chi connectivity index (χ1v) is 13.0. The van der Waals surface area contributed by atoms with Crippen LogP contribution in [0.25, 0.3) is 22.0 Å². The highest BCUT2D eigenvalue weighted by Crippen LogP contribution is 2.43. The lowest BCUT2D eigenvalue weighted by atomic mass is 9.80. The van der Waals surface area contributed by atoms with Crippen molar-refractivity contribution in [3.05, 3.63) is 53.7 Å². The number of fused-ring (bicyclic) bond motifs is 3. The summed E-state index contributed by atoms with van der Waals surface area (Å²) in [6, 6.07) is 13.8. The zero-order valence-electron chi connectivity index (χ0n) is 21.5. The third-order valence-corrected chi connectivity index (χ3v) is 7.61. The van der Waals surface area contributed by atoms with E-state index in [1.54, 1.807) is 6.07 Å². The van der Waals surface area contributed by atoms with Gasteiger partial charge in [0.2, 0.25) is 5.91 Å². The first-order valence-electron chi connectivity index (χ1n) is 13.0. The molecule has 8 heteroatoms. The van der Waals surface area contributed by atoms with Gasteiger partial charge in [-0.2, -0.15) is 0 Å². The van der Waals surface area contributed by atoms with Crippen LogP contribution in [0.4, 0.5) is 5.69 Å². The van der Waals surface area contributed by atoms with Crippen molar-refractivity contribution in [1.29, 1.82) is 0 Å². The van der Waals surface area contributed by atoms with Crippen LogP contribution in [0.3, 0.4) is 0 Å². The molecule has 1 aliphatic carbocycles. The Balaban J connectivity index is 1.51. The van der Waals surface area contributed by atoms with Crippen LogP contribution in [-0.4, -0.2) is 41.0 Å². The number of rotatable bonds is 6. The molecule has 2 heterocycles. The molecule has 8 nitrogen and oxygen atoms in total. The predicted molar refractivity (Wildman–Crippen MR) is 142 cm³/mol. The van der Waals surface area contributed by atoms with E-state index in [1.807, 2.05) is 34.9 Å². The molecular weight excluding hydrogens is 468 g/mol. The summed E-state index contributed by atoms with van der Waals surface area (Å²) in [6.07, 6.45) is 4.31. The van der Waals surface area contributed by atoms with E-state index in [0.717, 1.165) is 59.8 Å². The second kappa shape index (κ2) is 9.67. The average Bonchev–Trinajstić information content (AvgIpc) is 3.18. The molecule has 1 aliphatic heterocycles. The molecule has 3 aromatic rings. The van der Waals surface area contributed by atoms with Gasteiger partial charge in [-0.1, -0.05) is 38.1 Å². The van der Waals surface area contributed by atoms with E-state index in [1.165, 1.54) is 0 Å². The third-order valence-electron chi connectivity index (χ3n) is 7.61. The lowest BCUT2D eigenvalue weighted by Gasteiger charge is -2.31. The number of aromatic nitrogens is 1. The van der Waals surface area contributed by atoms with Crippen LogP contribution in [0.15, 0.2) is 42.5 Å². The molecule has 0 atom stereocenters. The van der Waals surface area contributed by atoms with E-state index < -0.39 is 5.91 Å². The second-order valence-corrected chi connectivity index (χ2v) is 11.1. The fourth-order valence-corrected chi connectivity index (χ4v) is 5.90. The van der Waals surface area contributed by atoms with Crippen LogP contribution in [-0.2, 0) is 16.0 Å². The zero-order valence-corrected chi connectivity index (χ0v) is 21.5. The van der Waals surface area contributed by atoms with E-state index in [4.69, 9.17) is 10.5 Å². The number of carbonyl (C=O) groups is 3. The van der Waals surface area contributed by atoms with Crippen molar-refractivity contribution >= 4 is 34.4 Å². The number of nitrogens with zero attached hydrogens (tertiary/aromatic N) is 1. The maximum atomic E-state index is 13.2. The number of nitrogens with two attached hydrogens (primary N) is 1. The van der Waals surface area contributed by atoms with Crippen molar-refractivity contribution in [3.63, 3.8) is 0 Å². The normalized spacial score (nSPS) is 20.9. The van der Waals surface area contributed by atoms with Crippen LogP contribution in [0.5, 0.6) is 0 Å². The lowest BCUT2D eigenvalue weighted by Crippen LogP contribution is -2.55. The number of hydrogen-bond acceptors (Lipinski definition) is 5. The number of primary amides is 1. The second-order valence-electron chi connectivity index (χ2n) is 11.1. The molecule has 6 N–H and O–H groups in total. The van der Waals surface area contributed by atoms with Gasteiger partial charge in [0.25, 0.3) is 5.91 Å². The summed E-state index contributed by atoms with van der Waals surface area (Å²) in [5.41, 5.74) is 14.2. The van der Waals surface area contributed by atoms with Crippen molar-refractivity contribution in [2.75, 3.05) is 11.9 Å². The molecule has 0 spiro atoms. The van der Waals surface area contributed by atoms with Gasteiger partial charge in [-0.3, -0.25) is 14.2 Å². The number of ether oxygens (including phenoxy) is 1. The summed E-state index contributed by atoms with van der Waals surface area (Å²) in [4.78, 5) is 37.1. The SMILES string of the molecule is CC1(C)CC(=O)n2c(c(-c3ccc(C(N)=O)c(NC4CCC(OC(=O)C[NH3+])CC4)c3)c3ccccc32)C1. The maximum absolute atomic E-state index is 13.2. The van der Waals surface area contributed by atoms with Crippen LogP contribution in [0.2, 0.25) is 0 Å². The number of amides is 1. The first-order chi connectivity index (χ1) is 17.7. The number of anilines is 1. The molecule has 0 bridgehead atoms. The zero-order chi connectivity index (χ0) is 26.3. The monoisotopic (exact) mass is 503 g/mol. The number of carbonyl (C=O) groups excluding carboxylic acids is 3. The van der Waals surface area contributed by atoms with Gasteiger partial charge in [0, 0.05) is 34.8 Å². The van der Waals surface area contributed by atoms with E-state index in [0.29, 0.717) is 17.7 Å². The van der Waals surface area contributed by atoms with Gasteiger partial charge in [-0.05, 0) is 61.3 Å². The minimum Gasteiger partial charge on any atom is -0.458 e. The molecule has 1 aromatic heterocycles. The highest BCUT2D eigenvalue weighted by Gasteiger charge is 2.35. The summed E-state index contributed by atoms with van der Waals surface area (Å²) in [6.45, 7) is 4.39. The lowest BCUT2D eigenvalue weighted by molar-refractivity contribution is -0.360. The van der Waals surface area contributed by atoms with Crippen LogP contribution >= 0.6 is 0 Å². The van der Waals surface area contributed by atoms with Gasteiger partial charge < -0.3 is 21.5 Å². The van der Waals surface area contributed by atoms with E-state index >= 15 is 0 Å². The van der Waals surface area contributed by atoms with Crippen LogP contribution in [0, 0.1) is 5.41 Å². The van der Waals surface area contributed by atoms with Gasteiger partial charge in [0.05, 0.1) is 11.1 Å². The Morgan fingerprint density at radius 3 is 2.54 bits per heavy atom. The molecule has 1 amide bonds. The summed E-state index contributed by atoms with van der Waals surface area (Å²) < 4.78 is 7.33. The minimum absolute atomic E-state index is 0.0885. The molecule has 1 saturated carbocycles. The molecule has 0 unspecified atom stereocenters. The number of quaternary nitrogens is 1. The van der Waals surface area contributed by atoms with Crippen molar-refractivity contribution < 1.29 is 24.9 Å². The quantitative estimate of drug-likeness (QED) is 0.443. The largest absolute Gasteiger partial charge is 0.458 e. The fourth-order valence-electron chi connectivity index (χ4n) is 5.90. The van der Waals surface area contributed by atoms with E-state index in [9.17, 15) is 14.4 Å². The smallest absolute Gasteiger partial charge is 0.361 e. The van der Waals surface area contributed by atoms with E-state index in [-0.39, 0.29) is 36.0 Å². The van der Waals surface area contributed by atoms with Gasteiger partial charge >= 0.3 is 5.97 Å². The Kier molecular flexibility index (Phi) is 6.54. The molecule has 5 rings (SSSR count). The Labute approximate surface area is 216 Å². The number of esters is 1. The van der Waals surface area contributed by atoms with Crippen molar-refractivity contribution in [2.24, 2.45) is 11.1 Å². The van der Waals surface area contributed by atoms with Gasteiger partial charge in [0.1, 0.15) is 6.10 Å². The summed E-state index contributed by atoms with van der Waals surface area (Å²) >= 11 is 0. The van der Waals surface area contributed by atoms with Crippen molar-refractivity contribution in [1.82, 2.24) is 4.57 Å². The molecule has 37 heavy (non-hydrogen) atoms. The summed E-state index contributed by atoms with van der Waals surface area (Å²) in [5, 5.41) is 4.57. The Morgan fingerprint density at radius 2 is 1.84 bits per heavy atom. The number of hydrogen-bond donors (Lipinski definition) is 3. The highest BCUT2D eigenvalue weighted by atomic mass is 16.5. The Hall–Kier alpha value is -3.65. The predicted octanol–water partition coefficient (Wildman–Crippen LogP) is 3.53. The molecule has 2 aliphatic rings. The molecule has 194 valence electrons. The van der Waals surface area contributed by atoms with E-state index in [2.05, 4.69) is 31.0 Å². The molecule has 0 saturated heterocycles. The maximum Gasteiger partial charge on any atom is 0.361 e. The number of nitrogens with one attached hydrogen (secondary N) is 1. The summed E-state index contributed by atoms with van der Waals surface area (Å²) in [5.74, 6) is -0.658. The highest BCUT2D eigenvalue weighted by molar-refractivity contribution is 6.06. The van der Waals surface area contributed by atoms with Crippen LogP contribution < -0.4 is 16.8 Å². The Morgan fingerprint density at radius 1 is 1.11 bits per heavy atom. The standard InChI is InChI=1S/C29H34N4O4/c1-29(2)14-24-27(21-5-3-4-6-23(21)33(24)25(34)15-29)17-7-12-20(28(31)36)22(13-17)32-18-8-10-19(11-9-18)37-26(35)16-30/h3-7,12-13,18-19,32H,8-11,14-16,30H2,1-2H3,(H2,31,36)/p+1. The summed E-state index contributed by atoms with van der Waals surface area (Å²) in [7, 11) is 0. The van der Waals surface area contributed by atoms with Crippen molar-refractivity contribution in [2.45, 2.75) is 64.5 Å².